The standard InChI is InChI=1S/C20H20N4O2/c1-3-26-19-13-18(21-14(2)22-19)23-16-9-11-17(12-10-16)24-20(25)15-7-5-4-6-8-15/h4-13H,3H2,1-2H3,(H,24,25)(H,21,22,23). The number of anilines is 3. The number of nitrogens with zero attached hydrogens (tertiary/aromatic N) is 2. The van der Waals surface area contributed by atoms with Crippen molar-refractivity contribution in [2.45, 2.75) is 13.8 Å². The van der Waals surface area contributed by atoms with Gasteiger partial charge in [0.15, 0.2) is 0 Å². The molecule has 3 rings (SSSR count). The molecule has 26 heavy (non-hydrogen) atoms. The van der Waals surface area contributed by atoms with E-state index in [0.29, 0.717) is 29.7 Å². The summed E-state index contributed by atoms with van der Waals surface area (Å²) in [6.45, 7) is 4.27. The third-order valence-corrected chi connectivity index (χ3v) is 3.56. The third kappa shape index (κ3) is 4.57. The van der Waals surface area contributed by atoms with Crippen LogP contribution >= 0.6 is 0 Å². The van der Waals surface area contributed by atoms with Crippen molar-refractivity contribution in [1.82, 2.24) is 9.97 Å². The van der Waals surface area contributed by atoms with Gasteiger partial charge in [-0.15, -0.1) is 0 Å². The maximum absolute atomic E-state index is 12.2. The number of carbonyl (C=O) groups is 1. The number of carbonyl (C=O) groups excluding carboxylic acids is 1. The minimum atomic E-state index is -0.140. The molecule has 3 aromatic rings. The summed E-state index contributed by atoms with van der Waals surface area (Å²) in [6, 6.07) is 18.3. The Morgan fingerprint density at radius 3 is 2.38 bits per heavy atom. The number of aryl methyl sites for hydroxylation is 1. The lowest BCUT2D eigenvalue weighted by molar-refractivity contribution is 0.102. The van der Waals surface area contributed by atoms with Gasteiger partial charge in [0.05, 0.1) is 6.61 Å². The molecular formula is C20H20N4O2. The molecule has 0 aliphatic carbocycles. The SMILES string of the molecule is CCOc1cc(Nc2ccc(NC(=O)c3ccccc3)cc2)nc(C)n1. The van der Waals surface area contributed by atoms with Crippen LogP contribution in [-0.4, -0.2) is 22.5 Å². The molecule has 0 aliphatic rings. The zero-order chi connectivity index (χ0) is 18.4. The fourth-order valence-corrected chi connectivity index (χ4v) is 2.40. The van der Waals surface area contributed by atoms with E-state index >= 15 is 0 Å². The van der Waals surface area contributed by atoms with E-state index in [-0.39, 0.29) is 5.91 Å². The summed E-state index contributed by atoms with van der Waals surface area (Å²) in [5.74, 6) is 1.68. The van der Waals surface area contributed by atoms with E-state index in [1.54, 1.807) is 18.2 Å². The number of benzene rings is 2. The molecule has 0 radical (unpaired) electrons. The van der Waals surface area contributed by atoms with Crippen LogP contribution in [0.2, 0.25) is 0 Å². The van der Waals surface area contributed by atoms with Crippen molar-refractivity contribution in [3.05, 3.63) is 72.1 Å². The minimum absolute atomic E-state index is 0.140. The van der Waals surface area contributed by atoms with E-state index in [4.69, 9.17) is 4.74 Å². The summed E-state index contributed by atoms with van der Waals surface area (Å²) in [4.78, 5) is 20.7. The zero-order valence-electron chi connectivity index (χ0n) is 14.7. The number of nitrogens with one attached hydrogen (secondary N) is 2. The zero-order valence-corrected chi connectivity index (χ0v) is 14.7. The van der Waals surface area contributed by atoms with Gasteiger partial charge in [-0.25, -0.2) is 4.98 Å². The largest absolute Gasteiger partial charge is 0.478 e. The Bertz CT molecular complexity index is 880. The van der Waals surface area contributed by atoms with Gasteiger partial charge in [0, 0.05) is 23.0 Å². The van der Waals surface area contributed by atoms with Crippen LogP contribution in [0.15, 0.2) is 60.7 Å². The van der Waals surface area contributed by atoms with Crippen molar-refractivity contribution in [2.75, 3.05) is 17.2 Å². The van der Waals surface area contributed by atoms with E-state index in [2.05, 4.69) is 20.6 Å². The Morgan fingerprint density at radius 2 is 1.69 bits per heavy atom. The highest BCUT2D eigenvalue weighted by atomic mass is 16.5. The van der Waals surface area contributed by atoms with Crippen LogP contribution < -0.4 is 15.4 Å². The Hall–Kier alpha value is -3.41. The first-order valence-electron chi connectivity index (χ1n) is 8.36. The number of ether oxygens (including phenoxy) is 1. The smallest absolute Gasteiger partial charge is 0.255 e. The maximum Gasteiger partial charge on any atom is 0.255 e. The first kappa shape index (κ1) is 17.4. The average molecular weight is 348 g/mol. The molecule has 0 spiro atoms. The topological polar surface area (TPSA) is 76.1 Å². The molecule has 0 aliphatic heterocycles. The van der Waals surface area contributed by atoms with Crippen molar-refractivity contribution < 1.29 is 9.53 Å². The average Bonchev–Trinajstić information content (AvgIpc) is 2.64. The Morgan fingerprint density at radius 1 is 1.00 bits per heavy atom. The van der Waals surface area contributed by atoms with Crippen LogP contribution in [0.4, 0.5) is 17.2 Å². The lowest BCUT2D eigenvalue weighted by Gasteiger charge is -2.10. The number of hydrogen-bond acceptors (Lipinski definition) is 5. The second-order valence-corrected chi connectivity index (χ2v) is 5.59. The molecule has 1 amide bonds. The van der Waals surface area contributed by atoms with Gasteiger partial charge in [-0.1, -0.05) is 18.2 Å². The summed E-state index contributed by atoms with van der Waals surface area (Å²) >= 11 is 0. The van der Waals surface area contributed by atoms with Gasteiger partial charge >= 0.3 is 0 Å². The van der Waals surface area contributed by atoms with Gasteiger partial charge in [0.25, 0.3) is 5.91 Å². The fourth-order valence-electron chi connectivity index (χ4n) is 2.40. The summed E-state index contributed by atoms with van der Waals surface area (Å²) < 4.78 is 5.43. The second-order valence-electron chi connectivity index (χ2n) is 5.59. The first-order chi connectivity index (χ1) is 12.6. The number of rotatable bonds is 6. The summed E-state index contributed by atoms with van der Waals surface area (Å²) in [5, 5.41) is 6.08. The van der Waals surface area contributed by atoms with E-state index in [0.717, 1.165) is 11.4 Å². The molecule has 1 aromatic heterocycles. The number of amides is 1. The van der Waals surface area contributed by atoms with Crippen molar-refractivity contribution in [3.63, 3.8) is 0 Å². The Kier molecular flexibility index (Phi) is 5.43. The molecule has 0 bridgehead atoms. The van der Waals surface area contributed by atoms with Crippen LogP contribution in [-0.2, 0) is 0 Å². The van der Waals surface area contributed by atoms with Gasteiger partial charge in [-0.2, -0.15) is 4.98 Å². The van der Waals surface area contributed by atoms with Gasteiger partial charge in [0.2, 0.25) is 5.88 Å². The third-order valence-electron chi connectivity index (χ3n) is 3.56. The molecule has 1 heterocycles. The van der Waals surface area contributed by atoms with E-state index < -0.39 is 0 Å². The molecule has 0 fully saturated rings. The maximum atomic E-state index is 12.2. The lowest BCUT2D eigenvalue weighted by Crippen LogP contribution is -2.11. The van der Waals surface area contributed by atoms with E-state index in [9.17, 15) is 4.79 Å². The van der Waals surface area contributed by atoms with Crippen molar-refractivity contribution >= 4 is 23.1 Å². The van der Waals surface area contributed by atoms with Crippen LogP contribution in [0.25, 0.3) is 0 Å². The predicted molar refractivity (Wildman–Crippen MR) is 102 cm³/mol. The molecule has 0 saturated heterocycles. The molecule has 0 saturated carbocycles. The quantitative estimate of drug-likeness (QED) is 0.699. The van der Waals surface area contributed by atoms with E-state index in [1.165, 1.54) is 0 Å². The van der Waals surface area contributed by atoms with Crippen LogP contribution in [0.1, 0.15) is 23.1 Å². The highest BCUT2D eigenvalue weighted by Gasteiger charge is 2.06. The van der Waals surface area contributed by atoms with Crippen LogP contribution in [0, 0.1) is 6.92 Å². The summed E-state index contributed by atoms with van der Waals surface area (Å²) in [5.41, 5.74) is 2.19. The van der Waals surface area contributed by atoms with Crippen molar-refractivity contribution in [2.24, 2.45) is 0 Å². The normalized spacial score (nSPS) is 10.2. The van der Waals surface area contributed by atoms with Gasteiger partial charge in [-0.05, 0) is 50.2 Å². The fraction of sp³-hybridized carbons (Fsp3) is 0.150. The van der Waals surface area contributed by atoms with Gasteiger partial charge in [0.1, 0.15) is 11.6 Å². The molecular weight excluding hydrogens is 328 g/mol. The van der Waals surface area contributed by atoms with E-state index in [1.807, 2.05) is 56.3 Å². The Balaban J connectivity index is 1.67. The molecule has 132 valence electrons. The molecule has 0 atom stereocenters. The lowest BCUT2D eigenvalue weighted by atomic mass is 10.2. The van der Waals surface area contributed by atoms with Gasteiger partial charge in [-0.3, -0.25) is 4.79 Å². The highest BCUT2D eigenvalue weighted by molar-refractivity contribution is 6.04. The van der Waals surface area contributed by atoms with Crippen molar-refractivity contribution in [3.8, 4) is 5.88 Å². The monoisotopic (exact) mass is 348 g/mol. The Labute approximate surface area is 152 Å². The summed E-state index contributed by atoms with van der Waals surface area (Å²) in [7, 11) is 0. The number of aromatic nitrogens is 2. The molecule has 2 aromatic carbocycles. The predicted octanol–water partition coefficient (Wildman–Crippen LogP) is 4.18. The molecule has 6 nitrogen and oxygen atoms in total. The van der Waals surface area contributed by atoms with Crippen LogP contribution in [0.5, 0.6) is 5.88 Å². The first-order valence-corrected chi connectivity index (χ1v) is 8.36. The van der Waals surface area contributed by atoms with Crippen molar-refractivity contribution in [1.29, 1.82) is 0 Å². The molecule has 2 N–H and O–H groups in total. The minimum Gasteiger partial charge on any atom is -0.478 e. The molecule has 6 heteroatoms. The van der Waals surface area contributed by atoms with Crippen LogP contribution in [0.3, 0.4) is 0 Å². The van der Waals surface area contributed by atoms with Gasteiger partial charge < -0.3 is 15.4 Å². The second kappa shape index (κ2) is 8.11. The summed E-state index contributed by atoms with van der Waals surface area (Å²) in [6.07, 6.45) is 0. The number of hydrogen-bond donors (Lipinski definition) is 2. The molecule has 0 unspecified atom stereocenters. The highest BCUT2D eigenvalue weighted by Crippen LogP contribution is 2.20.